The van der Waals surface area contributed by atoms with Gasteiger partial charge in [0.1, 0.15) is 12.2 Å². The Morgan fingerprint density at radius 3 is 1.89 bits per heavy atom. The van der Waals surface area contributed by atoms with Crippen LogP contribution in [0.3, 0.4) is 0 Å². The molecule has 1 fully saturated rings. The lowest BCUT2D eigenvalue weighted by molar-refractivity contribution is -0.144. The second-order valence-corrected chi connectivity index (χ2v) is 11.9. The van der Waals surface area contributed by atoms with Crippen LogP contribution in [0.25, 0.3) is 12.2 Å². The van der Waals surface area contributed by atoms with Gasteiger partial charge in [-0.2, -0.15) is 5.10 Å². The average Bonchev–Trinajstić information content (AvgIpc) is 3.27. The van der Waals surface area contributed by atoms with Crippen molar-refractivity contribution in [2.75, 3.05) is 0 Å². The molecule has 6 heteroatoms. The van der Waals surface area contributed by atoms with Crippen LogP contribution in [0.2, 0.25) is 0 Å². The minimum absolute atomic E-state index is 0.0960. The fourth-order valence-electron chi connectivity index (χ4n) is 6.04. The van der Waals surface area contributed by atoms with Gasteiger partial charge in [-0.1, -0.05) is 51.0 Å². The summed E-state index contributed by atoms with van der Waals surface area (Å²) in [5, 5.41) is 35.3. The van der Waals surface area contributed by atoms with Crippen LogP contribution in [0.15, 0.2) is 40.5 Å². The molecule has 1 saturated heterocycles. The number of rotatable bonds is 5. The molecule has 0 amide bonds. The Balaban J connectivity index is 1.71. The predicted molar refractivity (Wildman–Crippen MR) is 139 cm³/mol. The Kier molecular flexibility index (Phi) is 7.31. The molecule has 192 valence electrons. The maximum Gasteiger partial charge on any atom is 0.186 e. The minimum atomic E-state index is -1.45. The van der Waals surface area contributed by atoms with E-state index in [0.29, 0.717) is 0 Å². The molecule has 0 aromatic carbocycles. The summed E-state index contributed by atoms with van der Waals surface area (Å²) in [6, 6.07) is 1.97. The molecule has 3 aliphatic rings. The molecule has 3 N–H and O–H groups in total. The zero-order chi connectivity index (χ0) is 25.5. The highest BCUT2D eigenvalue weighted by Gasteiger charge is 2.44. The number of hydrogen-bond donors (Lipinski definition) is 3. The van der Waals surface area contributed by atoms with Gasteiger partial charge in [-0.05, 0) is 92.6 Å². The monoisotopic (exact) mass is 482 g/mol. The number of allylic oxidation sites excluding steroid dienone is 6. The third kappa shape index (κ3) is 5.26. The van der Waals surface area contributed by atoms with E-state index in [-0.39, 0.29) is 10.8 Å². The van der Waals surface area contributed by atoms with E-state index in [1.54, 1.807) is 4.68 Å². The van der Waals surface area contributed by atoms with Crippen LogP contribution in [0.4, 0.5) is 0 Å². The molecule has 4 unspecified atom stereocenters. The standard InChI is InChI=1S/C29H42N2O4/c1-18-9-7-15-28(3,4)22(18)13-11-20-17-21(12-14-23-19(2)10-8-16-29(23,5)6)31(30-20)26-24(32)25(33)27(34)35-26/h11-14,17,24-27,32-34H,7-10,15-16H2,1-6H3. The van der Waals surface area contributed by atoms with Crippen molar-refractivity contribution < 1.29 is 20.1 Å². The van der Waals surface area contributed by atoms with E-state index in [4.69, 9.17) is 9.84 Å². The van der Waals surface area contributed by atoms with E-state index in [9.17, 15) is 15.3 Å². The topological polar surface area (TPSA) is 87.7 Å². The van der Waals surface area contributed by atoms with Crippen molar-refractivity contribution in [1.29, 1.82) is 0 Å². The molecule has 0 radical (unpaired) electrons. The zero-order valence-electron chi connectivity index (χ0n) is 22.1. The molecule has 2 aliphatic carbocycles. The van der Waals surface area contributed by atoms with Gasteiger partial charge in [0, 0.05) is 0 Å². The molecule has 2 heterocycles. The van der Waals surface area contributed by atoms with Gasteiger partial charge in [-0.15, -0.1) is 0 Å². The van der Waals surface area contributed by atoms with Crippen molar-refractivity contribution in [1.82, 2.24) is 9.78 Å². The maximum absolute atomic E-state index is 10.5. The molecule has 6 nitrogen and oxygen atoms in total. The normalized spacial score (nSPS) is 31.3. The fraction of sp³-hybridized carbons (Fsp3) is 0.621. The van der Waals surface area contributed by atoms with Crippen molar-refractivity contribution in [3.63, 3.8) is 0 Å². The molecule has 4 atom stereocenters. The lowest BCUT2D eigenvalue weighted by atomic mass is 9.72. The average molecular weight is 483 g/mol. The minimum Gasteiger partial charge on any atom is -0.385 e. The number of aliphatic hydroxyl groups excluding tert-OH is 3. The van der Waals surface area contributed by atoms with Crippen molar-refractivity contribution in [3.05, 3.63) is 51.9 Å². The summed E-state index contributed by atoms with van der Waals surface area (Å²) in [7, 11) is 0. The first-order valence-corrected chi connectivity index (χ1v) is 13.0. The zero-order valence-corrected chi connectivity index (χ0v) is 22.1. The Bertz CT molecular complexity index is 1070. The second kappa shape index (κ2) is 9.81. The van der Waals surface area contributed by atoms with Gasteiger partial charge in [-0.25, -0.2) is 4.68 Å². The number of aromatic nitrogens is 2. The maximum atomic E-state index is 10.5. The SMILES string of the molecule is CC1=C(C=Cc2cc(C=CC3=C(C)CCCC3(C)C)n(C3OC(O)C(O)C3O)n2)C(C)(C)CCC1. The lowest BCUT2D eigenvalue weighted by Crippen LogP contribution is -2.31. The number of aliphatic hydroxyl groups is 3. The molecule has 1 aliphatic heterocycles. The number of nitrogens with zero attached hydrogens (tertiary/aromatic N) is 2. The first-order chi connectivity index (χ1) is 16.4. The van der Waals surface area contributed by atoms with Crippen LogP contribution in [-0.2, 0) is 4.74 Å². The molecule has 35 heavy (non-hydrogen) atoms. The molecular formula is C29H42N2O4. The molecule has 4 rings (SSSR count). The van der Waals surface area contributed by atoms with Gasteiger partial charge >= 0.3 is 0 Å². The lowest BCUT2D eigenvalue weighted by Gasteiger charge is -2.33. The van der Waals surface area contributed by atoms with Crippen LogP contribution in [0.1, 0.15) is 97.7 Å². The fourth-order valence-corrected chi connectivity index (χ4v) is 6.04. The molecule has 0 bridgehead atoms. The highest BCUT2D eigenvalue weighted by atomic mass is 16.7. The number of hydrogen-bond acceptors (Lipinski definition) is 5. The first kappa shape index (κ1) is 26.1. The van der Waals surface area contributed by atoms with Crippen molar-refractivity contribution in [3.8, 4) is 0 Å². The summed E-state index contributed by atoms with van der Waals surface area (Å²) >= 11 is 0. The van der Waals surface area contributed by atoms with Gasteiger partial charge in [0.2, 0.25) is 0 Å². The molecule has 0 saturated carbocycles. The van der Waals surface area contributed by atoms with E-state index in [0.717, 1.165) is 37.1 Å². The van der Waals surface area contributed by atoms with Crippen LogP contribution in [0.5, 0.6) is 0 Å². The second-order valence-electron chi connectivity index (χ2n) is 11.9. The van der Waals surface area contributed by atoms with Gasteiger partial charge in [-0.3, -0.25) is 0 Å². The van der Waals surface area contributed by atoms with Crippen LogP contribution in [-0.4, -0.2) is 43.6 Å². The van der Waals surface area contributed by atoms with Crippen molar-refractivity contribution in [2.24, 2.45) is 10.8 Å². The van der Waals surface area contributed by atoms with Crippen LogP contribution >= 0.6 is 0 Å². The van der Waals surface area contributed by atoms with Crippen molar-refractivity contribution >= 4 is 12.2 Å². The van der Waals surface area contributed by atoms with Crippen LogP contribution in [0, 0.1) is 10.8 Å². The summed E-state index contributed by atoms with van der Waals surface area (Å²) in [4.78, 5) is 0. The summed E-state index contributed by atoms with van der Waals surface area (Å²) < 4.78 is 7.08. The summed E-state index contributed by atoms with van der Waals surface area (Å²) in [5.74, 6) is 0. The van der Waals surface area contributed by atoms with E-state index in [2.05, 4.69) is 53.7 Å². The summed E-state index contributed by atoms with van der Waals surface area (Å²) in [6.07, 6.45) is 10.2. The third-order valence-electron chi connectivity index (χ3n) is 8.16. The van der Waals surface area contributed by atoms with E-state index < -0.39 is 24.7 Å². The van der Waals surface area contributed by atoms with Gasteiger partial charge in [0.25, 0.3) is 0 Å². The van der Waals surface area contributed by atoms with Gasteiger partial charge in [0.05, 0.1) is 11.4 Å². The first-order valence-electron chi connectivity index (χ1n) is 13.0. The highest BCUT2D eigenvalue weighted by molar-refractivity contribution is 5.58. The number of ether oxygens (including phenoxy) is 1. The van der Waals surface area contributed by atoms with E-state index in [1.807, 2.05) is 18.2 Å². The van der Waals surface area contributed by atoms with E-state index >= 15 is 0 Å². The van der Waals surface area contributed by atoms with E-state index in [1.165, 1.54) is 35.1 Å². The quantitative estimate of drug-likeness (QED) is 0.513. The van der Waals surface area contributed by atoms with Gasteiger partial charge in [0.15, 0.2) is 12.5 Å². The highest BCUT2D eigenvalue weighted by Crippen LogP contribution is 2.42. The molecule has 1 aromatic rings. The molecule has 0 spiro atoms. The summed E-state index contributed by atoms with van der Waals surface area (Å²) in [5.41, 5.74) is 7.21. The molecular weight excluding hydrogens is 440 g/mol. The third-order valence-corrected chi connectivity index (χ3v) is 8.16. The Labute approximate surface area is 209 Å². The predicted octanol–water partition coefficient (Wildman–Crippen LogP) is 5.53. The Hall–Kier alpha value is -1.99. The summed E-state index contributed by atoms with van der Waals surface area (Å²) in [6.45, 7) is 13.5. The van der Waals surface area contributed by atoms with Gasteiger partial charge < -0.3 is 20.1 Å². The smallest absolute Gasteiger partial charge is 0.186 e. The Morgan fingerprint density at radius 2 is 1.40 bits per heavy atom. The van der Waals surface area contributed by atoms with Crippen LogP contribution < -0.4 is 0 Å². The largest absolute Gasteiger partial charge is 0.385 e. The molecule has 1 aromatic heterocycles. The Morgan fingerprint density at radius 1 is 0.857 bits per heavy atom. The van der Waals surface area contributed by atoms with Crippen molar-refractivity contribution in [2.45, 2.75) is 105 Å².